The Morgan fingerprint density at radius 2 is 1.83 bits per heavy atom. The molecule has 0 radical (unpaired) electrons. The maximum absolute atomic E-state index is 12.6. The van der Waals surface area contributed by atoms with E-state index in [9.17, 15) is 9.59 Å². The third-order valence-corrected chi connectivity index (χ3v) is 3.93. The van der Waals surface area contributed by atoms with Crippen LogP contribution in [0.1, 0.15) is 17.3 Å². The van der Waals surface area contributed by atoms with E-state index in [4.69, 9.17) is 11.6 Å². The monoisotopic (exact) mass is 326 g/mol. The molecule has 1 N–H and O–H groups in total. The van der Waals surface area contributed by atoms with Gasteiger partial charge in [-0.25, -0.2) is 0 Å². The predicted molar refractivity (Wildman–Crippen MR) is 93.3 cm³/mol. The van der Waals surface area contributed by atoms with Gasteiger partial charge in [-0.05, 0) is 43.3 Å². The van der Waals surface area contributed by atoms with Crippen LogP contribution in [0.15, 0.2) is 59.5 Å². The van der Waals surface area contributed by atoms with Crippen LogP contribution in [-0.2, 0) is 6.54 Å². The molecular formula is C18H15ClN2O2. The minimum Gasteiger partial charge on any atom is -0.347 e. The zero-order chi connectivity index (χ0) is 16.4. The van der Waals surface area contributed by atoms with Crippen molar-refractivity contribution in [3.63, 3.8) is 0 Å². The lowest BCUT2D eigenvalue weighted by Crippen LogP contribution is -2.23. The van der Waals surface area contributed by atoms with Gasteiger partial charge in [0.15, 0.2) is 0 Å². The average molecular weight is 327 g/mol. The number of pyridine rings is 1. The Bertz CT molecular complexity index is 930. The zero-order valence-corrected chi connectivity index (χ0v) is 13.3. The highest BCUT2D eigenvalue weighted by atomic mass is 35.5. The largest absolute Gasteiger partial charge is 0.347 e. The van der Waals surface area contributed by atoms with E-state index in [0.717, 1.165) is 5.52 Å². The Morgan fingerprint density at radius 1 is 1.13 bits per heavy atom. The summed E-state index contributed by atoms with van der Waals surface area (Å²) in [5.74, 6) is -0.426. The number of para-hydroxylation sites is 1. The summed E-state index contributed by atoms with van der Waals surface area (Å²) < 4.78 is 1.90. The van der Waals surface area contributed by atoms with Crippen LogP contribution in [0.5, 0.6) is 0 Å². The van der Waals surface area contributed by atoms with E-state index >= 15 is 0 Å². The van der Waals surface area contributed by atoms with Crippen molar-refractivity contribution in [1.29, 1.82) is 0 Å². The SMILES string of the molecule is CCn1cc(C(=O)Nc2ccc(Cl)cc2)c(=O)c2ccccc21. The maximum Gasteiger partial charge on any atom is 0.261 e. The first kappa shape index (κ1) is 15.3. The van der Waals surface area contributed by atoms with E-state index < -0.39 is 5.91 Å². The summed E-state index contributed by atoms with van der Waals surface area (Å²) >= 11 is 5.83. The fourth-order valence-corrected chi connectivity index (χ4v) is 2.63. The molecule has 0 fully saturated rings. The Hall–Kier alpha value is -2.59. The van der Waals surface area contributed by atoms with Crippen molar-refractivity contribution in [2.75, 3.05) is 5.32 Å². The highest BCUT2D eigenvalue weighted by Crippen LogP contribution is 2.15. The van der Waals surface area contributed by atoms with E-state index in [-0.39, 0.29) is 11.0 Å². The van der Waals surface area contributed by atoms with Crippen molar-refractivity contribution < 1.29 is 4.79 Å². The molecule has 116 valence electrons. The lowest BCUT2D eigenvalue weighted by molar-refractivity contribution is 0.102. The molecule has 4 nitrogen and oxygen atoms in total. The number of anilines is 1. The van der Waals surface area contributed by atoms with Gasteiger partial charge in [0.05, 0.1) is 5.52 Å². The van der Waals surface area contributed by atoms with Crippen molar-refractivity contribution >= 4 is 34.1 Å². The van der Waals surface area contributed by atoms with Gasteiger partial charge in [0.1, 0.15) is 5.56 Å². The second kappa shape index (κ2) is 6.26. The topological polar surface area (TPSA) is 51.1 Å². The Kier molecular flexibility index (Phi) is 4.17. The number of hydrogen-bond acceptors (Lipinski definition) is 2. The van der Waals surface area contributed by atoms with Crippen molar-refractivity contribution in [2.24, 2.45) is 0 Å². The number of hydrogen-bond donors (Lipinski definition) is 1. The molecule has 1 aromatic heterocycles. The molecule has 5 heteroatoms. The molecule has 2 aromatic carbocycles. The van der Waals surface area contributed by atoms with E-state index in [1.54, 1.807) is 42.6 Å². The Balaban J connectivity index is 2.05. The summed E-state index contributed by atoms with van der Waals surface area (Å²) in [5, 5.41) is 3.86. The number of carbonyl (C=O) groups is 1. The molecule has 0 aliphatic rings. The highest BCUT2D eigenvalue weighted by molar-refractivity contribution is 6.30. The van der Waals surface area contributed by atoms with Gasteiger partial charge in [-0.2, -0.15) is 0 Å². The second-order valence-corrected chi connectivity index (χ2v) is 5.57. The van der Waals surface area contributed by atoms with Gasteiger partial charge >= 0.3 is 0 Å². The van der Waals surface area contributed by atoms with Gasteiger partial charge in [-0.1, -0.05) is 23.7 Å². The van der Waals surface area contributed by atoms with Crippen LogP contribution in [0, 0.1) is 0 Å². The van der Waals surface area contributed by atoms with Crippen LogP contribution < -0.4 is 10.7 Å². The smallest absolute Gasteiger partial charge is 0.261 e. The maximum atomic E-state index is 12.6. The number of rotatable bonds is 3. The molecule has 3 aromatic rings. The van der Waals surface area contributed by atoms with E-state index in [1.165, 1.54) is 0 Å². The fraction of sp³-hybridized carbons (Fsp3) is 0.111. The lowest BCUT2D eigenvalue weighted by atomic mass is 10.1. The van der Waals surface area contributed by atoms with E-state index in [0.29, 0.717) is 22.6 Å². The minimum absolute atomic E-state index is 0.125. The number of aryl methyl sites for hydroxylation is 1. The van der Waals surface area contributed by atoms with Crippen LogP contribution in [0.3, 0.4) is 0 Å². The molecule has 1 amide bonds. The average Bonchev–Trinajstić information content (AvgIpc) is 2.57. The second-order valence-electron chi connectivity index (χ2n) is 5.14. The molecular weight excluding hydrogens is 312 g/mol. The highest BCUT2D eigenvalue weighted by Gasteiger charge is 2.15. The molecule has 0 saturated carbocycles. The zero-order valence-electron chi connectivity index (χ0n) is 12.5. The minimum atomic E-state index is -0.426. The number of amides is 1. The van der Waals surface area contributed by atoms with Gasteiger partial charge in [-0.3, -0.25) is 9.59 Å². The van der Waals surface area contributed by atoms with Crippen molar-refractivity contribution in [1.82, 2.24) is 4.57 Å². The fourth-order valence-electron chi connectivity index (χ4n) is 2.50. The van der Waals surface area contributed by atoms with Gasteiger partial charge in [-0.15, -0.1) is 0 Å². The van der Waals surface area contributed by atoms with Gasteiger partial charge < -0.3 is 9.88 Å². The molecule has 0 spiro atoms. The quantitative estimate of drug-likeness (QED) is 0.793. The van der Waals surface area contributed by atoms with Crippen LogP contribution in [0.4, 0.5) is 5.69 Å². The number of carbonyl (C=O) groups excluding carboxylic acids is 1. The Morgan fingerprint density at radius 3 is 2.52 bits per heavy atom. The molecule has 3 rings (SSSR count). The first-order chi connectivity index (χ1) is 11.1. The third kappa shape index (κ3) is 2.98. The van der Waals surface area contributed by atoms with Gasteiger partial charge in [0.25, 0.3) is 5.91 Å². The summed E-state index contributed by atoms with van der Waals surface area (Å²) in [6, 6.07) is 14.0. The molecule has 23 heavy (non-hydrogen) atoms. The lowest BCUT2D eigenvalue weighted by Gasteiger charge is -2.11. The van der Waals surface area contributed by atoms with Gasteiger partial charge in [0.2, 0.25) is 5.43 Å². The summed E-state index contributed by atoms with van der Waals surface area (Å²) in [7, 11) is 0. The number of benzene rings is 2. The van der Waals surface area contributed by atoms with Gasteiger partial charge in [0, 0.05) is 28.8 Å². The molecule has 0 unspecified atom stereocenters. The molecule has 0 aliphatic carbocycles. The van der Waals surface area contributed by atoms with Crippen LogP contribution in [0.2, 0.25) is 5.02 Å². The first-order valence-electron chi connectivity index (χ1n) is 7.29. The van der Waals surface area contributed by atoms with Crippen LogP contribution in [0.25, 0.3) is 10.9 Å². The Labute approximate surface area is 138 Å². The first-order valence-corrected chi connectivity index (χ1v) is 7.67. The third-order valence-electron chi connectivity index (χ3n) is 3.68. The van der Waals surface area contributed by atoms with Crippen molar-refractivity contribution in [3.8, 4) is 0 Å². The summed E-state index contributed by atoms with van der Waals surface area (Å²) in [6.45, 7) is 2.64. The number of aromatic nitrogens is 1. The van der Waals surface area contributed by atoms with E-state index in [1.807, 2.05) is 23.6 Å². The molecule has 1 heterocycles. The standard InChI is InChI=1S/C18H15ClN2O2/c1-2-21-11-15(17(22)14-5-3-4-6-16(14)21)18(23)20-13-9-7-12(19)8-10-13/h3-11H,2H2,1H3,(H,20,23). The number of nitrogens with zero attached hydrogens (tertiary/aromatic N) is 1. The summed E-state index contributed by atoms with van der Waals surface area (Å²) in [6.07, 6.45) is 1.61. The molecule has 0 atom stereocenters. The molecule has 0 bridgehead atoms. The normalized spacial score (nSPS) is 10.7. The van der Waals surface area contributed by atoms with Crippen molar-refractivity contribution in [2.45, 2.75) is 13.5 Å². The predicted octanol–water partition coefficient (Wildman–Crippen LogP) is 3.93. The summed E-state index contributed by atoms with van der Waals surface area (Å²) in [5.41, 5.74) is 1.27. The number of nitrogens with one attached hydrogen (secondary N) is 1. The summed E-state index contributed by atoms with van der Waals surface area (Å²) in [4.78, 5) is 25.1. The van der Waals surface area contributed by atoms with Crippen LogP contribution >= 0.6 is 11.6 Å². The molecule has 0 saturated heterocycles. The number of fused-ring (bicyclic) bond motifs is 1. The van der Waals surface area contributed by atoms with Crippen molar-refractivity contribution in [3.05, 3.63) is 75.5 Å². The number of halogens is 1. The molecule has 0 aliphatic heterocycles. The van der Waals surface area contributed by atoms with E-state index in [2.05, 4.69) is 5.32 Å². The van der Waals surface area contributed by atoms with Crippen LogP contribution in [-0.4, -0.2) is 10.5 Å².